The van der Waals surface area contributed by atoms with Crippen molar-refractivity contribution in [2.24, 2.45) is 0 Å². The van der Waals surface area contributed by atoms with Gasteiger partial charge in [-0.3, -0.25) is 0 Å². The zero-order chi connectivity index (χ0) is 23.4. The van der Waals surface area contributed by atoms with Gasteiger partial charge in [0.15, 0.2) is 5.65 Å². The molecule has 0 fully saturated rings. The van der Waals surface area contributed by atoms with E-state index < -0.39 is 10.0 Å². The number of fused-ring (bicyclic) bond motifs is 1. The number of rotatable bonds is 9. The van der Waals surface area contributed by atoms with Crippen molar-refractivity contribution in [3.8, 4) is 11.3 Å². The minimum atomic E-state index is -3.56. The maximum absolute atomic E-state index is 12.5. The van der Waals surface area contributed by atoms with E-state index in [2.05, 4.69) is 20.1 Å². The molecule has 2 heterocycles. The van der Waals surface area contributed by atoms with Gasteiger partial charge in [0.25, 0.3) is 0 Å². The fraction of sp³-hybridized carbons (Fsp3) is 0.217. The van der Waals surface area contributed by atoms with Crippen LogP contribution in [-0.2, 0) is 10.0 Å². The van der Waals surface area contributed by atoms with Crippen LogP contribution in [0.4, 0.5) is 11.5 Å². The van der Waals surface area contributed by atoms with Crippen molar-refractivity contribution in [1.82, 2.24) is 24.2 Å². The van der Waals surface area contributed by atoms with Crippen LogP contribution < -0.4 is 15.5 Å². The molecule has 2 aromatic heterocycles. The van der Waals surface area contributed by atoms with Gasteiger partial charge in [-0.2, -0.15) is 9.61 Å². The lowest BCUT2D eigenvalue weighted by molar-refractivity contribution is 0.400. The van der Waals surface area contributed by atoms with E-state index in [0.717, 1.165) is 24.2 Å². The lowest BCUT2D eigenvalue weighted by Gasteiger charge is -2.13. The molecule has 0 amide bonds. The Balaban J connectivity index is 1.56. The number of benzene rings is 2. The molecule has 8 nitrogen and oxygen atoms in total. The van der Waals surface area contributed by atoms with Gasteiger partial charge in [0.2, 0.25) is 10.0 Å². The van der Waals surface area contributed by atoms with Gasteiger partial charge in [-0.15, -0.1) is 0 Å². The van der Waals surface area contributed by atoms with E-state index in [-0.39, 0.29) is 4.90 Å². The third-order valence-corrected chi connectivity index (χ3v) is 6.56. The first kappa shape index (κ1) is 23.0. The molecule has 4 aromatic rings. The fourth-order valence-corrected chi connectivity index (χ4v) is 4.45. The molecule has 0 atom stereocenters. The Morgan fingerprint density at radius 1 is 1.06 bits per heavy atom. The molecular formula is C23H25BN6O2S. The van der Waals surface area contributed by atoms with Crippen LogP contribution in [0.2, 0.25) is 0 Å². The van der Waals surface area contributed by atoms with E-state index in [1.54, 1.807) is 35.0 Å². The molecule has 4 rings (SSSR count). The standard InChI is InChI=1S/C23H25BN6O2S/c1-29(2)14-6-13-26-33(31,32)19-11-9-18(10-12-19)27-22-15-21(17-7-4-3-5-8-17)28-23-20(24)16-25-30(22)23/h3-5,7-12,15-16,26-27H,6,13-14H2,1-2H3. The average Bonchev–Trinajstić information content (AvgIpc) is 3.18. The molecule has 0 bridgehead atoms. The molecule has 0 saturated heterocycles. The van der Waals surface area contributed by atoms with E-state index in [0.29, 0.717) is 29.2 Å². The van der Waals surface area contributed by atoms with Crippen LogP contribution in [0.25, 0.3) is 16.9 Å². The summed E-state index contributed by atoms with van der Waals surface area (Å²) in [6, 6.07) is 18.2. The molecular weight excluding hydrogens is 435 g/mol. The van der Waals surface area contributed by atoms with Crippen molar-refractivity contribution in [2.75, 3.05) is 32.5 Å². The maximum Gasteiger partial charge on any atom is 0.240 e. The minimum absolute atomic E-state index is 0.214. The highest BCUT2D eigenvalue weighted by molar-refractivity contribution is 7.89. The topological polar surface area (TPSA) is 91.6 Å². The number of nitrogens with one attached hydrogen (secondary N) is 2. The normalized spacial score (nSPS) is 11.8. The van der Waals surface area contributed by atoms with Crippen LogP contribution in [-0.4, -0.2) is 62.9 Å². The summed E-state index contributed by atoms with van der Waals surface area (Å²) in [6.45, 7) is 1.20. The summed E-state index contributed by atoms with van der Waals surface area (Å²) >= 11 is 0. The summed E-state index contributed by atoms with van der Waals surface area (Å²) in [7, 11) is 6.42. The molecule has 2 radical (unpaired) electrons. The molecule has 0 spiro atoms. The summed E-state index contributed by atoms with van der Waals surface area (Å²) < 4.78 is 29.4. The Kier molecular flexibility index (Phi) is 6.78. The third-order valence-electron chi connectivity index (χ3n) is 5.08. The molecule has 0 aliphatic carbocycles. The predicted octanol–water partition coefficient (Wildman–Crippen LogP) is 2.16. The zero-order valence-electron chi connectivity index (χ0n) is 18.6. The number of hydrogen-bond donors (Lipinski definition) is 2. The minimum Gasteiger partial charge on any atom is -0.340 e. The van der Waals surface area contributed by atoms with Crippen molar-refractivity contribution in [1.29, 1.82) is 0 Å². The maximum atomic E-state index is 12.5. The van der Waals surface area contributed by atoms with Crippen LogP contribution in [0.1, 0.15) is 6.42 Å². The van der Waals surface area contributed by atoms with Gasteiger partial charge in [-0.1, -0.05) is 30.3 Å². The van der Waals surface area contributed by atoms with Gasteiger partial charge < -0.3 is 10.2 Å². The molecule has 0 saturated carbocycles. The molecule has 33 heavy (non-hydrogen) atoms. The van der Waals surface area contributed by atoms with Gasteiger partial charge >= 0.3 is 0 Å². The van der Waals surface area contributed by atoms with Crippen molar-refractivity contribution >= 4 is 40.5 Å². The van der Waals surface area contributed by atoms with E-state index >= 15 is 0 Å². The molecule has 0 unspecified atom stereocenters. The van der Waals surface area contributed by atoms with Gasteiger partial charge in [-0.05, 0) is 56.8 Å². The Bertz CT molecular complexity index is 1340. The second-order valence-corrected chi connectivity index (χ2v) is 9.70. The summed E-state index contributed by atoms with van der Waals surface area (Å²) in [4.78, 5) is 6.87. The molecule has 2 aromatic carbocycles. The Morgan fingerprint density at radius 2 is 1.79 bits per heavy atom. The molecule has 0 aliphatic heterocycles. The van der Waals surface area contributed by atoms with Crippen LogP contribution in [0.3, 0.4) is 0 Å². The Morgan fingerprint density at radius 3 is 2.48 bits per heavy atom. The smallest absolute Gasteiger partial charge is 0.240 e. The first-order valence-electron chi connectivity index (χ1n) is 10.5. The van der Waals surface area contributed by atoms with E-state index in [1.807, 2.05) is 55.4 Å². The van der Waals surface area contributed by atoms with E-state index in [1.165, 1.54) is 0 Å². The lowest BCUT2D eigenvalue weighted by Crippen LogP contribution is -2.27. The van der Waals surface area contributed by atoms with Crippen molar-refractivity contribution < 1.29 is 8.42 Å². The van der Waals surface area contributed by atoms with Crippen LogP contribution in [0, 0.1) is 0 Å². The number of hydrogen-bond acceptors (Lipinski definition) is 6. The summed E-state index contributed by atoms with van der Waals surface area (Å²) in [6.07, 6.45) is 2.29. The number of nitrogens with zero attached hydrogens (tertiary/aromatic N) is 4. The first-order valence-corrected chi connectivity index (χ1v) is 12.0. The molecule has 2 N–H and O–H groups in total. The zero-order valence-corrected chi connectivity index (χ0v) is 19.4. The molecule has 10 heteroatoms. The second-order valence-electron chi connectivity index (χ2n) is 7.93. The quantitative estimate of drug-likeness (QED) is 0.294. The van der Waals surface area contributed by atoms with Crippen LogP contribution in [0.5, 0.6) is 0 Å². The first-order chi connectivity index (χ1) is 15.8. The highest BCUT2D eigenvalue weighted by Gasteiger charge is 2.14. The lowest BCUT2D eigenvalue weighted by atomic mass is 10.0. The third kappa shape index (κ3) is 5.41. The second kappa shape index (κ2) is 9.74. The van der Waals surface area contributed by atoms with Gasteiger partial charge in [0.05, 0.1) is 10.6 Å². The monoisotopic (exact) mass is 460 g/mol. The van der Waals surface area contributed by atoms with Gasteiger partial charge in [-0.25, -0.2) is 18.1 Å². The SMILES string of the molecule is [B]c1cnn2c(Nc3ccc(S(=O)(=O)NCCCN(C)C)cc3)cc(-c3ccccc3)nc12. The molecule has 0 aliphatic rings. The Labute approximate surface area is 195 Å². The largest absolute Gasteiger partial charge is 0.340 e. The highest BCUT2D eigenvalue weighted by atomic mass is 32.2. The number of sulfonamides is 1. The predicted molar refractivity (Wildman–Crippen MR) is 132 cm³/mol. The van der Waals surface area contributed by atoms with Gasteiger partial charge in [0.1, 0.15) is 13.7 Å². The molecule has 168 valence electrons. The highest BCUT2D eigenvalue weighted by Crippen LogP contribution is 2.24. The van der Waals surface area contributed by atoms with Crippen LogP contribution in [0.15, 0.2) is 71.8 Å². The van der Waals surface area contributed by atoms with Crippen molar-refractivity contribution in [3.63, 3.8) is 0 Å². The van der Waals surface area contributed by atoms with Crippen molar-refractivity contribution in [2.45, 2.75) is 11.3 Å². The number of anilines is 2. The summed E-state index contributed by atoms with van der Waals surface area (Å²) in [5.74, 6) is 0.660. The van der Waals surface area contributed by atoms with Crippen LogP contribution >= 0.6 is 0 Å². The van der Waals surface area contributed by atoms with E-state index in [9.17, 15) is 8.42 Å². The summed E-state index contributed by atoms with van der Waals surface area (Å²) in [5.41, 5.74) is 3.42. The van der Waals surface area contributed by atoms with E-state index in [4.69, 9.17) is 7.85 Å². The van der Waals surface area contributed by atoms with Gasteiger partial charge in [0, 0.05) is 30.1 Å². The summed E-state index contributed by atoms with van der Waals surface area (Å²) in [5, 5.41) is 7.62. The average molecular weight is 460 g/mol. The Hall–Kier alpha value is -3.21. The number of aromatic nitrogens is 3. The fourth-order valence-electron chi connectivity index (χ4n) is 3.38. The van der Waals surface area contributed by atoms with Crippen molar-refractivity contribution in [3.05, 3.63) is 66.9 Å².